The first-order chi connectivity index (χ1) is 8.31. The van der Waals surface area contributed by atoms with Gasteiger partial charge in [0.25, 0.3) is 5.91 Å². The third-order valence-electron chi connectivity index (χ3n) is 2.26. The molecule has 0 fully saturated rings. The largest absolute Gasteiger partial charge is 0.496 e. The molecule has 2 aromatic rings. The van der Waals surface area contributed by atoms with Crippen molar-refractivity contribution in [1.29, 1.82) is 0 Å². The lowest BCUT2D eigenvalue weighted by atomic mass is 10.2. The molecule has 1 aromatic heterocycles. The summed E-state index contributed by atoms with van der Waals surface area (Å²) in [6, 6.07) is 7.49. The van der Waals surface area contributed by atoms with Gasteiger partial charge in [-0.3, -0.25) is 9.89 Å². The lowest BCUT2D eigenvalue weighted by Crippen LogP contribution is -2.24. The molecule has 0 radical (unpaired) electrons. The van der Waals surface area contributed by atoms with Crippen LogP contribution < -0.4 is 10.1 Å². The Hall–Kier alpha value is -2.37. The molecule has 0 bridgehead atoms. The number of methoxy groups -OCH3 is 1. The fourth-order valence-electron chi connectivity index (χ4n) is 1.42. The van der Waals surface area contributed by atoms with Crippen molar-refractivity contribution < 1.29 is 9.53 Å². The van der Waals surface area contributed by atoms with Crippen LogP contribution in [-0.4, -0.2) is 28.2 Å². The van der Waals surface area contributed by atoms with Gasteiger partial charge in [0.2, 0.25) is 5.82 Å². The predicted molar refractivity (Wildman–Crippen MR) is 60.5 cm³/mol. The first-order valence-electron chi connectivity index (χ1n) is 5.06. The van der Waals surface area contributed by atoms with Crippen LogP contribution in [0.4, 0.5) is 0 Å². The zero-order chi connectivity index (χ0) is 12.1. The lowest BCUT2D eigenvalue weighted by Gasteiger charge is -2.08. The van der Waals surface area contributed by atoms with Gasteiger partial charge in [-0.25, -0.2) is 4.98 Å². The van der Waals surface area contributed by atoms with Gasteiger partial charge in [0.1, 0.15) is 12.1 Å². The highest BCUT2D eigenvalue weighted by Gasteiger charge is 2.09. The summed E-state index contributed by atoms with van der Waals surface area (Å²) >= 11 is 0. The first kappa shape index (κ1) is 11.1. The summed E-state index contributed by atoms with van der Waals surface area (Å²) in [6.45, 7) is 0.379. The number of rotatable bonds is 4. The second-order valence-electron chi connectivity index (χ2n) is 3.33. The van der Waals surface area contributed by atoms with Crippen molar-refractivity contribution >= 4 is 5.91 Å². The number of hydrogen-bond donors (Lipinski definition) is 2. The van der Waals surface area contributed by atoms with E-state index in [4.69, 9.17) is 4.74 Å². The van der Waals surface area contributed by atoms with Crippen LogP contribution in [0.5, 0.6) is 5.75 Å². The molecule has 0 aliphatic heterocycles. The molecule has 0 saturated carbocycles. The molecule has 0 spiro atoms. The molecular weight excluding hydrogens is 220 g/mol. The summed E-state index contributed by atoms with van der Waals surface area (Å²) in [5.41, 5.74) is 0.905. The number of carbonyl (C=O) groups is 1. The fraction of sp³-hybridized carbons (Fsp3) is 0.182. The van der Waals surface area contributed by atoms with Gasteiger partial charge < -0.3 is 10.1 Å². The SMILES string of the molecule is COc1ccccc1CNC(=O)c1ncn[nH]1. The van der Waals surface area contributed by atoms with Gasteiger partial charge in [0.05, 0.1) is 7.11 Å². The zero-order valence-corrected chi connectivity index (χ0v) is 9.30. The number of benzene rings is 1. The molecule has 0 atom stereocenters. The monoisotopic (exact) mass is 232 g/mol. The molecule has 1 amide bonds. The van der Waals surface area contributed by atoms with Crippen LogP contribution in [0.25, 0.3) is 0 Å². The normalized spacial score (nSPS) is 9.94. The summed E-state index contributed by atoms with van der Waals surface area (Å²) < 4.78 is 5.18. The van der Waals surface area contributed by atoms with E-state index >= 15 is 0 Å². The van der Waals surface area contributed by atoms with Gasteiger partial charge >= 0.3 is 0 Å². The van der Waals surface area contributed by atoms with Crippen molar-refractivity contribution in [2.75, 3.05) is 7.11 Å². The molecular formula is C11H12N4O2. The molecule has 0 saturated heterocycles. The number of ether oxygens (including phenoxy) is 1. The number of amides is 1. The van der Waals surface area contributed by atoms with Gasteiger partial charge in [0.15, 0.2) is 0 Å². The third-order valence-corrected chi connectivity index (χ3v) is 2.26. The molecule has 1 heterocycles. The summed E-state index contributed by atoms with van der Waals surface area (Å²) in [6.07, 6.45) is 1.29. The molecule has 1 aromatic carbocycles. The third kappa shape index (κ3) is 2.60. The molecule has 0 unspecified atom stereocenters. The summed E-state index contributed by atoms with van der Waals surface area (Å²) in [7, 11) is 1.59. The van der Waals surface area contributed by atoms with Gasteiger partial charge in [-0.05, 0) is 6.07 Å². The highest BCUT2D eigenvalue weighted by atomic mass is 16.5. The number of hydrogen-bond acceptors (Lipinski definition) is 4. The Morgan fingerprint density at radius 2 is 2.29 bits per heavy atom. The van der Waals surface area contributed by atoms with Crippen LogP contribution in [-0.2, 0) is 6.54 Å². The van der Waals surface area contributed by atoms with Crippen molar-refractivity contribution in [1.82, 2.24) is 20.5 Å². The quantitative estimate of drug-likeness (QED) is 0.815. The van der Waals surface area contributed by atoms with Gasteiger partial charge in [-0.1, -0.05) is 18.2 Å². The molecule has 6 nitrogen and oxygen atoms in total. The van der Waals surface area contributed by atoms with Gasteiger partial charge in [0, 0.05) is 12.1 Å². The Balaban J connectivity index is 2.00. The number of carbonyl (C=O) groups excluding carboxylic acids is 1. The van der Waals surface area contributed by atoms with Crippen LogP contribution >= 0.6 is 0 Å². The van der Waals surface area contributed by atoms with Crippen molar-refractivity contribution in [3.05, 3.63) is 42.0 Å². The summed E-state index contributed by atoms with van der Waals surface area (Å²) in [5.74, 6) is 0.638. The fourth-order valence-corrected chi connectivity index (χ4v) is 1.42. The van der Waals surface area contributed by atoms with Crippen molar-refractivity contribution in [3.8, 4) is 5.75 Å². The number of aromatic amines is 1. The average Bonchev–Trinajstić information content (AvgIpc) is 2.90. The highest BCUT2D eigenvalue weighted by Crippen LogP contribution is 2.16. The zero-order valence-electron chi connectivity index (χ0n) is 9.30. The Labute approximate surface area is 98.0 Å². The molecule has 0 aliphatic carbocycles. The van der Waals surface area contributed by atoms with E-state index in [0.29, 0.717) is 6.54 Å². The molecule has 88 valence electrons. The van der Waals surface area contributed by atoms with E-state index in [1.165, 1.54) is 6.33 Å². The number of para-hydroxylation sites is 1. The van der Waals surface area contributed by atoms with E-state index in [2.05, 4.69) is 20.5 Å². The van der Waals surface area contributed by atoms with Crippen LogP contribution in [0, 0.1) is 0 Å². The second-order valence-corrected chi connectivity index (χ2v) is 3.33. The molecule has 6 heteroatoms. The maximum absolute atomic E-state index is 11.6. The van der Waals surface area contributed by atoms with Crippen molar-refractivity contribution in [3.63, 3.8) is 0 Å². The van der Waals surface area contributed by atoms with Crippen molar-refractivity contribution in [2.24, 2.45) is 0 Å². The second kappa shape index (κ2) is 5.11. The molecule has 0 aliphatic rings. The average molecular weight is 232 g/mol. The lowest BCUT2D eigenvalue weighted by molar-refractivity contribution is 0.0940. The van der Waals surface area contributed by atoms with Crippen LogP contribution in [0.15, 0.2) is 30.6 Å². The standard InChI is InChI=1S/C11H12N4O2/c1-17-9-5-3-2-4-8(9)6-12-11(16)10-13-7-14-15-10/h2-5,7H,6H2,1H3,(H,12,16)(H,13,14,15). The van der Waals surface area contributed by atoms with E-state index in [1.807, 2.05) is 24.3 Å². The number of aromatic nitrogens is 3. The van der Waals surface area contributed by atoms with Crippen molar-refractivity contribution in [2.45, 2.75) is 6.54 Å². The van der Waals surface area contributed by atoms with Crippen LogP contribution in [0.3, 0.4) is 0 Å². The maximum Gasteiger partial charge on any atom is 0.288 e. The minimum Gasteiger partial charge on any atom is -0.496 e. The number of H-pyrrole nitrogens is 1. The van der Waals surface area contributed by atoms with Crippen LogP contribution in [0.2, 0.25) is 0 Å². The first-order valence-corrected chi connectivity index (χ1v) is 5.06. The Morgan fingerprint density at radius 1 is 1.47 bits per heavy atom. The van der Waals surface area contributed by atoms with E-state index in [-0.39, 0.29) is 11.7 Å². The number of nitrogens with zero attached hydrogens (tertiary/aromatic N) is 2. The summed E-state index contributed by atoms with van der Waals surface area (Å²) in [4.78, 5) is 15.4. The van der Waals surface area contributed by atoms with Gasteiger partial charge in [-0.2, -0.15) is 5.10 Å². The van der Waals surface area contributed by atoms with Crippen LogP contribution in [0.1, 0.15) is 16.2 Å². The Kier molecular flexibility index (Phi) is 3.34. The van der Waals surface area contributed by atoms with E-state index in [1.54, 1.807) is 7.11 Å². The minimum absolute atomic E-state index is 0.194. The molecule has 2 N–H and O–H groups in total. The minimum atomic E-state index is -0.298. The van der Waals surface area contributed by atoms with E-state index in [0.717, 1.165) is 11.3 Å². The molecule has 2 rings (SSSR count). The Bertz CT molecular complexity index is 496. The maximum atomic E-state index is 11.6. The predicted octanol–water partition coefficient (Wildman–Crippen LogP) is 0.743. The number of nitrogens with one attached hydrogen (secondary N) is 2. The van der Waals surface area contributed by atoms with Gasteiger partial charge in [-0.15, -0.1) is 0 Å². The Morgan fingerprint density at radius 3 is 3.00 bits per heavy atom. The smallest absolute Gasteiger partial charge is 0.288 e. The highest BCUT2D eigenvalue weighted by molar-refractivity contribution is 5.90. The topological polar surface area (TPSA) is 79.9 Å². The van der Waals surface area contributed by atoms with E-state index < -0.39 is 0 Å². The van der Waals surface area contributed by atoms with E-state index in [9.17, 15) is 4.79 Å². The summed E-state index contributed by atoms with van der Waals surface area (Å²) in [5, 5.41) is 8.83. The molecule has 17 heavy (non-hydrogen) atoms.